The van der Waals surface area contributed by atoms with Gasteiger partial charge in [-0.15, -0.1) is 0 Å². The number of carbonyl (C=O) groups is 2. The molecule has 0 aromatic rings. The second-order valence-electron chi connectivity index (χ2n) is 2.92. The fraction of sp³-hybridized carbons (Fsp3) is 0.600. The lowest BCUT2D eigenvalue weighted by atomic mass is 10.1. The van der Waals surface area contributed by atoms with Crippen LogP contribution in [0.3, 0.4) is 0 Å². The summed E-state index contributed by atoms with van der Waals surface area (Å²) in [5.41, 5.74) is -0.731. The van der Waals surface area contributed by atoms with E-state index in [-0.39, 0.29) is 13.2 Å². The highest BCUT2D eigenvalue weighted by molar-refractivity contribution is 6.17. The minimum atomic E-state index is -4.67. The van der Waals surface area contributed by atoms with Gasteiger partial charge in [0, 0.05) is 0 Å². The molecule has 0 aliphatic rings. The van der Waals surface area contributed by atoms with Gasteiger partial charge < -0.3 is 9.47 Å². The third-order valence-electron chi connectivity index (χ3n) is 1.52. The Bertz CT molecular complexity index is 307. The van der Waals surface area contributed by atoms with Crippen molar-refractivity contribution in [3.63, 3.8) is 0 Å². The van der Waals surface area contributed by atoms with Crippen LogP contribution in [0.4, 0.5) is 13.2 Å². The van der Waals surface area contributed by atoms with E-state index in [1.807, 2.05) is 0 Å². The van der Waals surface area contributed by atoms with Gasteiger partial charge in [0.25, 0.3) is 0 Å². The molecule has 0 aliphatic carbocycles. The quantitative estimate of drug-likeness (QED) is 0.239. The van der Waals surface area contributed by atoms with Crippen molar-refractivity contribution in [2.24, 2.45) is 0 Å². The Morgan fingerprint density at radius 1 is 1.18 bits per heavy atom. The molecule has 4 nitrogen and oxygen atoms in total. The third-order valence-corrected chi connectivity index (χ3v) is 1.52. The number of esters is 1. The van der Waals surface area contributed by atoms with Crippen molar-refractivity contribution in [1.82, 2.24) is 0 Å². The van der Waals surface area contributed by atoms with Gasteiger partial charge in [0.2, 0.25) is 0 Å². The minimum Gasteiger partial charge on any atom is -0.500 e. The topological polar surface area (TPSA) is 52.6 Å². The summed E-state index contributed by atoms with van der Waals surface area (Å²) in [6.45, 7) is 3.13. The number of hydrogen-bond donors (Lipinski definition) is 0. The first-order valence-electron chi connectivity index (χ1n) is 4.90. The van der Waals surface area contributed by atoms with Gasteiger partial charge in [-0.1, -0.05) is 0 Å². The van der Waals surface area contributed by atoms with Crippen molar-refractivity contribution < 1.29 is 32.2 Å². The van der Waals surface area contributed by atoms with Crippen molar-refractivity contribution in [1.29, 1.82) is 0 Å². The fourth-order valence-electron chi connectivity index (χ4n) is 0.880. The molecule has 0 atom stereocenters. The number of carbonyl (C=O) groups excluding carboxylic acids is 2. The molecule has 0 N–H and O–H groups in total. The standard InChI is InChI=1S/C10H13F3O4/c1-3-16-6-7(9(15)17-4-2)8(14)5-10(11,12)13/h6H,3-5H2,1-2H3. The predicted molar refractivity (Wildman–Crippen MR) is 52.0 cm³/mol. The van der Waals surface area contributed by atoms with E-state index in [1.54, 1.807) is 6.92 Å². The van der Waals surface area contributed by atoms with Crippen LogP contribution in [0.1, 0.15) is 20.3 Å². The summed E-state index contributed by atoms with van der Waals surface area (Å²) >= 11 is 0. The van der Waals surface area contributed by atoms with Gasteiger partial charge in [-0.2, -0.15) is 13.2 Å². The summed E-state index contributed by atoms with van der Waals surface area (Å²) in [5, 5.41) is 0. The van der Waals surface area contributed by atoms with Crippen molar-refractivity contribution in [2.45, 2.75) is 26.4 Å². The Hall–Kier alpha value is -1.53. The largest absolute Gasteiger partial charge is 0.500 e. The first-order valence-corrected chi connectivity index (χ1v) is 4.90. The van der Waals surface area contributed by atoms with Crippen LogP contribution < -0.4 is 0 Å². The normalized spacial score (nSPS) is 12.2. The Kier molecular flexibility index (Phi) is 6.30. The molecule has 0 fully saturated rings. The number of Topliss-reactive ketones (excluding diaryl/α,β-unsaturated/α-hetero) is 1. The lowest BCUT2D eigenvalue weighted by Crippen LogP contribution is -2.22. The lowest BCUT2D eigenvalue weighted by Gasteiger charge is -2.08. The number of hydrogen-bond acceptors (Lipinski definition) is 4. The summed E-state index contributed by atoms with van der Waals surface area (Å²) in [6.07, 6.45) is -5.69. The van der Waals surface area contributed by atoms with Crippen LogP contribution in [0.2, 0.25) is 0 Å². The zero-order valence-corrected chi connectivity index (χ0v) is 9.47. The SMILES string of the molecule is CCOC=C(C(=O)CC(F)(F)F)C(=O)OCC. The van der Waals surface area contributed by atoms with Gasteiger partial charge in [0.1, 0.15) is 18.3 Å². The molecule has 0 aliphatic heterocycles. The molecular weight excluding hydrogens is 241 g/mol. The summed E-state index contributed by atoms with van der Waals surface area (Å²) in [4.78, 5) is 22.4. The van der Waals surface area contributed by atoms with E-state index in [4.69, 9.17) is 0 Å². The van der Waals surface area contributed by atoms with E-state index in [2.05, 4.69) is 9.47 Å². The molecule has 0 saturated carbocycles. The van der Waals surface area contributed by atoms with Gasteiger partial charge in [0.15, 0.2) is 5.78 Å². The van der Waals surface area contributed by atoms with E-state index in [1.165, 1.54) is 6.92 Å². The second-order valence-corrected chi connectivity index (χ2v) is 2.92. The minimum absolute atomic E-state index is 0.0401. The van der Waals surface area contributed by atoms with E-state index in [9.17, 15) is 22.8 Å². The predicted octanol–water partition coefficient (Wildman–Crippen LogP) is 1.99. The number of ether oxygens (including phenoxy) is 2. The third kappa shape index (κ3) is 6.60. The van der Waals surface area contributed by atoms with E-state index in [0.717, 1.165) is 0 Å². The highest BCUT2D eigenvalue weighted by Crippen LogP contribution is 2.22. The molecule has 0 aromatic heterocycles. The first-order chi connectivity index (χ1) is 7.81. The van der Waals surface area contributed by atoms with Crippen LogP contribution >= 0.6 is 0 Å². The van der Waals surface area contributed by atoms with Crippen molar-refractivity contribution in [3.05, 3.63) is 11.8 Å². The molecule has 17 heavy (non-hydrogen) atoms. The summed E-state index contributed by atoms with van der Waals surface area (Å²) in [5.74, 6) is -2.49. The molecule has 0 bridgehead atoms. The fourth-order valence-corrected chi connectivity index (χ4v) is 0.880. The molecule has 0 heterocycles. The Labute approximate surface area is 96.4 Å². The Balaban J connectivity index is 4.81. The zero-order valence-electron chi connectivity index (χ0n) is 9.47. The average Bonchev–Trinajstić information content (AvgIpc) is 2.15. The average molecular weight is 254 g/mol. The highest BCUT2D eigenvalue weighted by Gasteiger charge is 2.34. The van der Waals surface area contributed by atoms with Gasteiger partial charge in [-0.25, -0.2) is 4.79 Å². The molecule has 98 valence electrons. The number of rotatable bonds is 6. The van der Waals surface area contributed by atoms with Crippen molar-refractivity contribution in [2.75, 3.05) is 13.2 Å². The second kappa shape index (κ2) is 6.93. The van der Waals surface area contributed by atoms with Gasteiger partial charge in [0.05, 0.1) is 13.2 Å². The lowest BCUT2D eigenvalue weighted by molar-refractivity contribution is -0.152. The summed E-state index contributed by atoms with van der Waals surface area (Å²) < 4.78 is 45.1. The summed E-state index contributed by atoms with van der Waals surface area (Å²) in [7, 11) is 0. The Morgan fingerprint density at radius 2 is 1.76 bits per heavy atom. The molecule has 0 rings (SSSR count). The van der Waals surface area contributed by atoms with Gasteiger partial charge in [-0.3, -0.25) is 4.79 Å². The smallest absolute Gasteiger partial charge is 0.396 e. The molecule has 0 radical (unpaired) electrons. The highest BCUT2D eigenvalue weighted by atomic mass is 19.4. The molecular formula is C10H13F3O4. The van der Waals surface area contributed by atoms with Crippen LogP contribution in [0.15, 0.2) is 11.8 Å². The summed E-state index contributed by atoms with van der Waals surface area (Å²) in [6, 6.07) is 0. The molecule has 0 aromatic carbocycles. The molecule has 0 saturated heterocycles. The molecule has 0 unspecified atom stereocenters. The van der Waals surface area contributed by atoms with E-state index < -0.39 is 29.9 Å². The maximum absolute atomic E-state index is 12.0. The first kappa shape index (κ1) is 15.5. The van der Waals surface area contributed by atoms with E-state index in [0.29, 0.717) is 6.26 Å². The molecule has 7 heteroatoms. The number of ketones is 1. The monoisotopic (exact) mass is 254 g/mol. The Morgan fingerprint density at radius 3 is 2.18 bits per heavy atom. The van der Waals surface area contributed by atoms with Crippen LogP contribution in [-0.4, -0.2) is 31.1 Å². The van der Waals surface area contributed by atoms with Crippen molar-refractivity contribution in [3.8, 4) is 0 Å². The molecule has 0 spiro atoms. The maximum Gasteiger partial charge on any atom is 0.396 e. The maximum atomic E-state index is 12.0. The van der Waals surface area contributed by atoms with Gasteiger partial charge >= 0.3 is 12.1 Å². The van der Waals surface area contributed by atoms with E-state index >= 15 is 0 Å². The van der Waals surface area contributed by atoms with Crippen LogP contribution in [-0.2, 0) is 19.1 Å². The van der Waals surface area contributed by atoms with Gasteiger partial charge in [-0.05, 0) is 13.8 Å². The van der Waals surface area contributed by atoms with Crippen LogP contribution in [0.5, 0.6) is 0 Å². The number of halogens is 3. The van der Waals surface area contributed by atoms with Crippen LogP contribution in [0.25, 0.3) is 0 Å². The van der Waals surface area contributed by atoms with Crippen molar-refractivity contribution >= 4 is 11.8 Å². The zero-order chi connectivity index (χ0) is 13.5. The number of alkyl halides is 3. The van der Waals surface area contributed by atoms with Crippen LogP contribution in [0, 0.1) is 0 Å². The molecule has 0 amide bonds.